The summed E-state index contributed by atoms with van der Waals surface area (Å²) in [4.78, 5) is 2.57. The Labute approximate surface area is 213 Å². The molecule has 1 aliphatic carbocycles. The zero-order chi connectivity index (χ0) is 23.8. The van der Waals surface area contributed by atoms with E-state index < -0.39 is 5.41 Å². The summed E-state index contributed by atoms with van der Waals surface area (Å²) in [7, 11) is 0. The van der Waals surface area contributed by atoms with Gasteiger partial charge in [-0.25, -0.2) is 0 Å². The maximum Gasteiger partial charge on any atom is 0.0851 e. The Morgan fingerprint density at radius 2 is 1.41 bits per heavy atom. The largest absolute Gasteiger partial charge is 0.292 e. The molecule has 0 heterocycles. The number of nitriles is 1. The average molecular weight is 516 g/mol. The second-order valence-electron chi connectivity index (χ2n) is 9.84. The predicted octanol–water partition coefficient (Wildman–Crippen LogP) is 8.27. The van der Waals surface area contributed by atoms with E-state index in [1.807, 2.05) is 0 Å². The maximum atomic E-state index is 10.6. The molecule has 0 amide bonds. The molecule has 0 bridgehead atoms. The van der Waals surface area contributed by atoms with Crippen LogP contribution in [-0.2, 0) is 18.5 Å². The molecule has 1 aliphatic rings. The van der Waals surface area contributed by atoms with Gasteiger partial charge < -0.3 is 0 Å². The van der Waals surface area contributed by atoms with Crippen LogP contribution in [0.2, 0.25) is 0 Å². The molecule has 2 unspecified atom stereocenters. The zero-order valence-electron chi connectivity index (χ0n) is 20.2. The second kappa shape index (κ2) is 11.8. The average Bonchev–Trinajstić information content (AvgIpc) is 3.42. The maximum absolute atomic E-state index is 10.6. The first-order valence-electron chi connectivity index (χ1n) is 12.6. The van der Waals surface area contributed by atoms with E-state index in [0.717, 1.165) is 43.2 Å². The van der Waals surface area contributed by atoms with E-state index in [1.165, 1.54) is 29.5 Å². The third kappa shape index (κ3) is 5.98. The van der Waals surface area contributed by atoms with Gasteiger partial charge in [0.2, 0.25) is 0 Å². The minimum atomic E-state index is -0.406. The van der Waals surface area contributed by atoms with Crippen molar-refractivity contribution in [1.82, 2.24) is 4.90 Å². The summed E-state index contributed by atoms with van der Waals surface area (Å²) in [5.41, 5.74) is 3.45. The van der Waals surface area contributed by atoms with Gasteiger partial charge in [0.05, 0.1) is 11.5 Å². The molecule has 0 radical (unpaired) electrons. The van der Waals surface area contributed by atoms with Gasteiger partial charge in [0.25, 0.3) is 0 Å². The number of hydrogen-bond acceptors (Lipinski definition) is 2. The van der Waals surface area contributed by atoms with E-state index in [4.69, 9.17) is 0 Å². The van der Waals surface area contributed by atoms with Gasteiger partial charge in [-0.05, 0) is 67.3 Å². The van der Waals surface area contributed by atoms with E-state index in [1.54, 1.807) is 0 Å². The van der Waals surface area contributed by atoms with Crippen molar-refractivity contribution in [3.8, 4) is 6.07 Å². The third-order valence-corrected chi connectivity index (χ3v) is 8.18. The van der Waals surface area contributed by atoms with Gasteiger partial charge in [-0.2, -0.15) is 5.26 Å². The fourth-order valence-electron chi connectivity index (χ4n) is 5.58. The molecule has 0 aliphatic heterocycles. The second-order valence-corrected chi connectivity index (χ2v) is 10.8. The molecule has 3 aromatic carbocycles. The Bertz CT molecular complexity index is 1010. The zero-order valence-corrected chi connectivity index (χ0v) is 21.8. The first-order chi connectivity index (χ1) is 16.6. The lowest BCUT2D eigenvalue weighted by molar-refractivity contribution is 0.166. The molecule has 1 fully saturated rings. The topological polar surface area (TPSA) is 27.0 Å². The third-order valence-electron chi connectivity index (χ3n) is 7.65. The number of nitrogens with zero attached hydrogens (tertiary/aromatic N) is 2. The van der Waals surface area contributed by atoms with Crippen molar-refractivity contribution in [2.75, 3.05) is 0 Å². The molecule has 2 atom stereocenters. The van der Waals surface area contributed by atoms with Crippen molar-refractivity contribution in [2.45, 2.75) is 70.0 Å². The predicted molar refractivity (Wildman–Crippen MR) is 144 cm³/mol. The van der Waals surface area contributed by atoms with Gasteiger partial charge in [-0.3, -0.25) is 4.90 Å². The summed E-state index contributed by atoms with van der Waals surface area (Å²) in [6, 6.07) is 33.2. The highest BCUT2D eigenvalue weighted by molar-refractivity contribution is 9.10. The molecule has 3 aromatic rings. The van der Waals surface area contributed by atoms with Crippen molar-refractivity contribution in [3.63, 3.8) is 0 Å². The monoisotopic (exact) mass is 514 g/mol. The lowest BCUT2D eigenvalue weighted by Crippen LogP contribution is -2.37. The summed E-state index contributed by atoms with van der Waals surface area (Å²) in [5.74, 6) is 0.447. The molecular weight excluding hydrogens is 480 g/mol. The fraction of sp³-hybridized carbons (Fsp3) is 0.387. The lowest BCUT2D eigenvalue weighted by Gasteiger charge is -2.36. The van der Waals surface area contributed by atoms with Crippen LogP contribution in [0.1, 0.15) is 62.1 Å². The van der Waals surface area contributed by atoms with Gasteiger partial charge in [0, 0.05) is 23.6 Å². The Morgan fingerprint density at radius 1 is 0.882 bits per heavy atom. The van der Waals surface area contributed by atoms with E-state index in [-0.39, 0.29) is 0 Å². The van der Waals surface area contributed by atoms with Crippen LogP contribution in [0, 0.1) is 17.2 Å². The van der Waals surface area contributed by atoms with Crippen molar-refractivity contribution in [3.05, 3.63) is 106 Å². The first-order valence-corrected chi connectivity index (χ1v) is 13.4. The van der Waals surface area contributed by atoms with Gasteiger partial charge in [-0.1, -0.05) is 102 Å². The lowest BCUT2D eigenvalue weighted by atomic mass is 9.67. The van der Waals surface area contributed by atoms with Gasteiger partial charge in [0.1, 0.15) is 0 Å². The molecule has 176 valence electrons. The van der Waals surface area contributed by atoms with Crippen molar-refractivity contribution in [2.24, 2.45) is 5.92 Å². The minimum Gasteiger partial charge on any atom is -0.292 e. The Hall–Kier alpha value is -2.41. The Morgan fingerprint density at radius 3 is 1.91 bits per heavy atom. The Balaban J connectivity index is 1.56. The quantitative estimate of drug-likeness (QED) is 0.272. The van der Waals surface area contributed by atoms with E-state index in [2.05, 4.69) is 119 Å². The fourth-order valence-corrected chi connectivity index (χ4v) is 5.85. The number of rotatable bonds is 10. The van der Waals surface area contributed by atoms with Crippen LogP contribution in [0.15, 0.2) is 89.4 Å². The van der Waals surface area contributed by atoms with Crippen LogP contribution in [0.4, 0.5) is 0 Å². The first kappa shape index (κ1) is 24.7. The van der Waals surface area contributed by atoms with Crippen molar-refractivity contribution in [1.29, 1.82) is 5.26 Å². The van der Waals surface area contributed by atoms with Crippen LogP contribution in [-0.4, -0.2) is 10.9 Å². The van der Waals surface area contributed by atoms with E-state index >= 15 is 0 Å². The highest BCUT2D eigenvalue weighted by Crippen LogP contribution is 2.45. The van der Waals surface area contributed by atoms with Gasteiger partial charge in [-0.15, -0.1) is 0 Å². The van der Waals surface area contributed by atoms with Gasteiger partial charge in [0.15, 0.2) is 0 Å². The molecule has 4 rings (SSSR count). The molecule has 0 aromatic heterocycles. The summed E-state index contributed by atoms with van der Waals surface area (Å²) < 4.78 is 1.07. The molecule has 2 nitrogen and oxygen atoms in total. The molecular formula is C31H35BrN2. The Kier molecular flexibility index (Phi) is 8.59. The van der Waals surface area contributed by atoms with E-state index in [9.17, 15) is 5.26 Å². The van der Waals surface area contributed by atoms with Crippen molar-refractivity contribution >= 4 is 15.9 Å². The molecule has 0 N–H and O–H groups in total. The van der Waals surface area contributed by atoms with Crippen LogP contribution < -0.4 is 0 Å². The summed E-state index contributed by atoms with van der Waals surface area (Å²) in [6.07, 6.45) is 6.71. The van der Waals surface area contributed by atoms with Crippen LogP contribution >= 0.6 is 15.9 Å². The summed E-state index contributed by atoms with van der Waals surface area (Å²) in [6.45, 7) is 4.17. The highest BCUT2D eigenvalue weighted by Gasteiger charge is 2.42. The normalized spacial score (nSPS) is 16.8. The molecule has 34 heavy (non-hydrogen) atoms. The highest BCUT2D eigenvalue weighted by atomic mass is 79.9. The molecule has 0 saturated heterocycles. The van der Waals surface area contributed by atoms with Gasteiger partial charge >= 0.3 is 0 Å². The summed E-state index contributed by atoms with van der Waals surface area (Å²) in [5, 5.41) is 10.6. The van der Waals surface area contributed by atoms with Crippen molar-refractivity contribution < 1.29 is 0 Å². The summed E-state index contributed by atoms with van der Waals surface area (Å²) >= 11 is 3.57. The molecule has 1 saturated carbocycles. The number of benzene rings is 3. The molecule has 0 spiro atoms. The standard InChI is InChI=1S/C31H35BrN2/c1-25(34(22-26-10-4-2-5-11-26)23-27-12-6-3-7-13-27)20-21-31(24-33,28-14-8-9-15-28)29-16-18-30(32)19-17-29/h2-7,10-13,16-19,25,28H,8-9,14-15,20-23H2,1H3. The van der Waals surface area contributed by atoms with Crippen LogP contribution in [0.3, 0.4) is 0 Å². The van der Waals surface area contributed by atoms with E-state index in [0.29, 0.717) is 12.0 Å². The van der Waals surface area contributed by atoms with Crippen LogP contribution in [0.25, 0.3) is 0 Å². The number of hydrogen-bond donors (Lipinski definition) is 0. The van der Waals surface area contributed by atoms with Crippen LogP contribution in [0.5, 0.6) is 0 Å². The minimum absolute atomic E-state index is 0.366. The molecule has 3 heteroatoms. The smallest absolute Gasteiger partial charge is 0.0851 e. The SMILES string of the molecule is CC(CCC(C#N)(c1ccc(Br)cc1)C1CCCC1)N(Cc1ccccc1)Cc1ccccc1. The number of halogens is 1.